The van der Waals surface area contributed by atoms with Crippen LogP contribution in [0.2, 0.25) is 0 Å². The molecule has 1 fully saturated rings. The lowest BCUT2D eigenvalue weighted by Crippen LogP contribution is -2.12. The van der Waals surface area contributed by atoms with Crippen LogP contribution in [0.4, 0.5) is 0 Å². The van der Waals surface area contributed by atoms with Gasteiger partial charge in [-0.15, -0.1) is 0 Å². The van der Waals surface area contributed by atoms with Gasteiger partial charge < -0.3 is 4.74 Å². The van der Waals surface area contributed by atoms with Crippen LogP contribution in [0.1, 0.15) is 24.0 Å². The number of nitrogens with zero attached hydrogens (tertiary/aromatic N) is 6. The molecular formula is C16H18N6O. The van der Waals surface area contributed by atoms with E-state index in [0.29, 0.717) is 6.61 Å². The van der Waals surface area contributed by atoms with Gasteiger partial charge in [0.05, 0.1) is 30.1 Å². The molecule has 118 valence electrons. The zero-order valence-electron chi connectivity index (χ0n) is 13.2. The largest absolute Gasteiger partial charge is 0.379 e. The number of aromatic nitrogens is 6. The van der Waals surface area contributed by atoms with Gasteiger partial charge in [0.1, 0.15) is 5.82 Å². The highest BCUT2D eigenvalue weighted by Gasteiger charge is 2.25. The van der Waals surface area contributed by atoms with Gasteiger partial charge in [-0.2, -0.15) is 10.2 Å². The fourth-order valence-electron chi connectivity index (χ4n) is 2.92. The summed E-state index contributed by atoms with van der Waals surface area (Å²) in [4.78, 5) is 8.98. The van der Waals surface area contributed by atoms with E-state index in [2.05, 4.69) is 20.2 Å². The van der Waals surface area contributed by atoms with Crippen LogP contribution in [-0.2, 0) is 4.74 Å². The Morgan fingerprint density at radius 3 is 2.91 bits per heavy atom. The molecule has 1 unspecified atom stereocenters. The van der Waals surface area contributed by atoms with E-state index in [4.69, 9.17) is 4.74 Å². The fraction of sp³-hybridized carbons (Fsp3) is 0.375. The Hall–Kier alpha value is -2.54. The highest BCUT2D eigenvalue weighted by molar-refractivity contribution is 5.58. The molecule has 0 spiro atoms. The van der Waals surface area contributed by atoms with E-state index in [1.807, 2.05) is 47.6 Å². The molecule has 0 radical (unpaired) electrons. The van der Waals surface area contributed by atoms with Crippen LogP contribution in [0.5, 0.6) is 0 Å². The Bertz CT molecular complexity index is 816. The molecule has 4 rings (SSSR count). The van der Waals surface area contributed by atoms with Crippen LogP contribution in [0, 0.1) is 13.8 Å². The molecule has 0 amide bonds. The van der Waals surface area contributed by atoms with Crippen LogP contribution in [0.15, 0.2) is 30.6 Å². The highest BCUT2D eigenvalue weighted by atomic mass is 16.5. The number of pyridine rings is 1. The third kappa shape index (κ3) is 2.43. The molecule has 0 bridgehead atoms. The normalized spacial score (nSPS) is 17.7. The van der Waals surface area contributed by atoms with E-state index in [1.54, 1.807) is 6.20 Å². The first-order valence-corrected chi connectivity index (χ1v) is 7.71. The molecule has 0 aliphatic carbocycles. The van der Waals surface area contributed by atoms with Gasteiger partial charge in [0.2, 0.25) is 0 Å². The fourth-order valence-corrected chi connectivity index (χ4v) is 2.92. The predicted octanol–water partition coefficient (Wildman–Crippen LogP) is 2.10. The van der Waals surface area contributed by atoms with Crippen molar-refractivity contribution in [1.29, 1.82) is 0 Å². The number of hydrogen-bond donors (Lipinski definition) is 0. The molecule has 0 aromatic carbocycles. The molecule has 0 N–H and O–H groups in total. The molecule has 1 aliphatic heterocycles. The Balaban J connectivity index is 1.79. The highest BCUT2D eigenvalue weighted by Crippen LogP contribution is 2.28. The van der Waals surface area contributed by atoms with Crippen LogP contribution in [-0.4, -0.2) is 42.7 Å². The van der Waals surface area contributed by atoms with Crippen molar-refractivity contribution >= 4 is 0 Å². The molecule has 4 heterocycles. The third-order valence-electron chi connectivity index (χ3n) is 4.11. The van der Waals surface area contributed by atoms with Crippen molar-refractivity contribution < 1.29 is 4.74 Å². The van der Waals surface area contributed by atoms with Gasteiger partial charge in [-0.05, 0) is 32.4 Å². The van der Waals surface area contributed by atoms with E-state index in [0.717, 1.165) is 41.8 Å². The number of rotatable bonds is 3. The van der Waals surface area contributed by atoms with Gasteiger partial charge in [0.15, 0.2) is 11.6 Å². The van der Waals surface area contributed by atoms with E-state index in [1.165, 1.54) is 0 Å². The van der Waals surface area contributed by atoms with E-state index >= 15 is 0 Å². The molecule has 23 heavy (non-hydrogen) atoms. The number of hydrogen-bond acceptors (Lipinski definition) is 5. The first-order chi connectivity index (χ1) is 11.2. The second kappa shape index (κ2) is 5.58. The second-order valence-electron chi connectivity index (χ2n) is 5.69. The summed E-state index contributed by atoms with van der Waals surface area (Å²) in [6.45, 7) is 5.39. The van der Waals surface area contributed by atoms with Crippen molar-refractivity contribution in [2.24, 2.45) is 0 Å². The molecule has 7 nitrogen and oxygen atoms in total. The standard InChI is InChI=1S/C16H18N6O/c1-11-14(9-18-21(11)15-5-3-4-7-17-15)16-19-12(2)20-22(16)13-6-8-23-10-13/h3-5,7,9,13H,6,8,10H2,1-2H3. The van der Waals surface area contributed by atoms with Gasteiger partial charge in [0, 0.05) is 12.8 Å². The molecular weight excluding hydrogens is 292 g/mol. The SMILES string of the molecule is Cc1nc(-c2cnn(-c3ccccn3)c2C)n(C2CCOC2)n1. The summed E-state index contributed by atoms with van der Waals surface area (Å²) >= 11 is 0. The molecule has 0 saturated carbocycles. The summed E-state index contributed by atoms with van der Waals surface area (Å²) in [6, 6.07) is 6.02. The summed E-state index contributed by atoms with van der Waals surface area (Å²) in [6.07, 6.45) is 4.56. The third-order valence-corrected chi connectivity index (χ3v) is 4.11. The molecule has 3 aromatic heterocycles. The average molecular weight is 310 g/mol. The lowest BCUT2D eigenvalue weighted by Gasteiger charge is -2.11. The van der Waals surface area contributed by atoms with Crippen LogP contribution in [0.25, 0.3) is 17.2 Å². The molecule has 7 heteroatoms. The summed E-state index contributed by atoms with van der Waals surface area (Å²) in [5.74, 6) is 2.40. The Morgan fingerprint density at radius 2 is 2.17 bits per heavy atom. The van der Waals surface area contributed by atoms with Crippen LogP contribution >= 0.6 is 0 Å². The van der Waals surface area contributed by atoms with E-state index < -0.39 is 0 Å². The monoisotopic (exact) mass is 310 g/mol. The van der Waals surface area contributed by atoms with Gasteiger partial charge in [-0.3, -0.25) is 0 Å². The van der Waals surface area contributed by atoms with Gasteiger partial charge in [-0.1, -0.05) is 6.07 Å². The van der Waals surface area contributed by atoms with Crippen molar-refractivity contribution in [2.45, 2.75) is 26.3 Å². The number of aryl methyl sites for hydroxylation is 1. The predicted molar refractivity (Wildman–Crippen MR) is 84.3 cm³/mol. The topological polar surface area (TPSA) is 70.7 Å². The van der Waals surface area contributed by atoms with Crippen LogP contribution < -0.4 is 0 Å². The minimum Gasteiger partial charge on any atom is -0.379 e. The van der Waals surface area contributed by atoms with Crippen molar-refractivity contribution in [3.8, 4) is 17.2 Å². The van der Waals surface area contributed by atoms with Crippen LogP contribution in [0.3, 0.4) is 0 Å². The molecule has 3 aromatic rings. The Kier molecular flexibility index (Phi) is 3.42. The first-order valence-electron chi connectivity index (χ1n) is 7.71. The summed E-state index contributed by atoms with van der Waals surface area (Å²) < 4.78 is 9.31. The first kappa shape index (κ1) is 14.1. The van der Waals surface area contributed by atoms with E-state index in [9.17, 15) is 0 Å². The second-order valence-corrected chi connectivity index (χ2v) is 5.69. The Labute approximate surface area is 133 Å². The Morgan fingerprint density at radius 1 is 1.26 bits per heavy atom. The maximum absolute atomic E-state index is 5.50. The zero-order chi connectivity index (χ0) is 15.8. The molecule has 1 atom stereocenters. The maximum Gasteiger partial charge on any atom is 0.162 e. The smallest absolute Gasteiger partial charge is 0.162 e. The summed E-state index contributed by atoms with van der Waals surface area (Å²) in [5, 5.41) is 9.05. The van der Waals surface area contributed by atoms with Crippen molar-refractivity contribution in [1.82, 2.24) is 29.5 Å². The minimum absolute atomic E-state index is 0.240. The number of ether oxygens (including phenoxy) is 1. The average Bonchev–Trinajstić information content (AvgIpc) is 3.27. The lowest BCUT2D eigenvalue weighted by molar-refractivity contribution is 0.184. The van der Waals surface area contributed by atoms with Gasteiger partial charge >= 0.3 is 0 Å². The quantitative estimate of drug-likeness (QED) is 0.741. The summed E-state index contributed by atoms with van der Waals surface area (Å²) in [5.41, 5.74) is 1.97. The van der Waals surface area contributed by atoms with Gasteiger partial charge in [-0.25, -0.2) is 19.3 Å². The van der Waals surface area contributed by atoms with Crippen molar-refractivity contribution in [3.05, 3.63) is 42.1 Å². The molecule has 1 aliphatic rings. The van der Waals surface area contributed by atoms with Crippen molar-refractivity contribution in [2.75, 3.05) is 13.2 Å². The minimum atomic E-state index is 0.240. The zero-order valence-corrected chi connectivity index (χ0v) is 13.2. The van der Waals surface area contributed by atoms with Crippen molar-refractivity contribution in [3.63, 3.8) is 0 Å². The van der Waals surface area contributed by atoms with Gasteiger partial charge in [0.25, 0.3) is 0 Å². The maximum atomic E-state index is 5.50. The van der Waals surface area contributed by atoms with E-state index in [-0.39, 0.29) is 6.04 Å². The summed E-state index contributed by atoms with van der Waals surface area (Å²) in [7, 11) is 0. The molecule has 1 saturated heterocycles. The lowest BCUT2D eigenvalue weighted by atomic mass is 10.2.